The number of anilines is 2. The Morgan fingerprint density at radius 1 is 1.13 bits per heavy atom. The van der Waals surface area contributed by atoms with Crippen molar-refractivity contribution in [2.75, 3.05) is 23.7 Å². The summed E-state index contributed by atoms with van der Waals surface area (Å²) in [6, 6.07) is 19.3. The molecule has 1 unspecified atom stereocenters. The summed E-state index contributed by atoms with van der Waals surface area (Å²) in [4.78, 5) is 25.7. The van der Waals surface area contributed by atoms with Gasteiger partial charge in [0.2, 0.25) is 5.95 Å². The second kappa shape index (κ2) is 8.17. The molecule has 2 aromatic heterocycles. The number of carbonyl (C=O) groups is 1. The summed E-state index contributed by atoms with van der Waals surface area (Å²) < 4.78 is 0. The van der Waals surface area contributed by atoms with Crippen LogP contribution in [0.3, 0.4) is 0 Å². The number of rotatable bonds is 4. The van der Waals surface area contributed by atoms with Gasteiger partial charge in [-0.1, -0.05) is 41.9 Å². The van der Waals surface area contributed by atoms with Gasteiger partial charge in [0.25, 0.3) is 5.91 Å². The Morgan fingerprint density at radius 3 is 2.68 bits per heavy atom. The molecule has 0 aliphatic carbocycles. The number of nitrogen functional groups attached to an aromatic ring is 1. The molecule has 156 valence electrons. The molecule has 1 saturated heterocycles. The SMILES string of the molecule is Nc1nc(N2CCC(NC(=O)c3ccc(Cl)cc3)C2)c2cc(-c3ccccc3)sc2n1. The Hall–Kier alpha value is -3.16. The molecule has 0 saturated carbocycles. The van der Waals surface area contributed by atoms with Crippen LogP contribution in [-0.4, -0.2) is 35.0 Å². The molecule has 1 atom stereocenters. The van der Waals surface area contributed by atoms with Gasteiger partial charge in [-0.25, -0.2) is 4.98 Å². The Balaban J connectivity index is 1.38. The maximum absolute atomic E-state index is 12.6. The van der Waals surface area contributed by atoms with Gasteiger partial charge in [0, 0.05) is 34.6 Å². The minimum absolute atomic E-state index is 0.0293. The van der Waals surface area contributed by atoms with E-state index in [0.29, 0.717) is 17.1 Å². The topological polar surface area (TPSA) is 84.1 Å². The molecule has 1 aliphatic rings. The standard InChI is InChI=1S/C23H20ClN5OS/c24-16-8-6-15(7-9-16)21(30)26-17-10-11-29(13-17)20-18-12-19(14-4-2-1-3-5-14)31-22(18)28-23(25)27-20/h1-9,12,17H,10-11,13H2,(H,26,30)(H2,25,27,28). The highest BCUT2D eigenvalue weighted by molar-refractivity contribution is 7.22. The van der Waals surface area contributed by atoms with Crippen molar-refractivity contribution in [1.29, 1.82) is 0 Å². The van der Waals surface area contributed by atoms with Crippen LogP contribution in [0.25, 0.3) is 20.7 Å². The van der Waals surface area contributed by atoms with E-state index < -0.39 is 0 Å². The molecule has 1 fully saturated rings. The van der Waals surface area contributed by atoms with Crippen LogP contribution in [0.15, 0.2) is 60.7 Å². The minimum Gasteiger partial charge on any atom is -0.368 e. The molecule has 1 amide bonds. The number of nitrogens with zero attached hydrogens (tertiary/aromatic N) is 3. The molecule has 0 spiro atoms. The summed E-state index contributed by atoms with van der Waals surface area (Å²) in [5.74, 6) is 0.986. The number of amides is 1. The van der Waals surface area contributed by atoms with Gasteiger partial charge < -0.3 is 16.0 Å². The van der Waals surface area contributed by atoms with E-state index in [1.807, 2.05) is 18.2 Å². The molecule has 8 heteroatoms. The number of thiophene rings is 1. The number of halogens is 1. The predicted molar refractivity (Wildman–Crippen MR) is 127 cm³/mol. The Kier molecular flexibility index (Phi) is 5.21. The average Bonchev–Trinajstić information content (AvgIpc) is 3.41. The van der Waals surface area contributed by atoms with E-state index in [1.54, 1.807) is 35.6 Å². The maximum Gasteiger partial charge on any atom is 0.251 e. The van der Waals surface area contributed by atoms with Gasteiger partial charge in [-0.3, -0.25) is 4.79 Å². The Morgan fingerprint density at radius 2 is 1.90 bits per heavy atom. The third-order valence-corrected chi connectivity index (χ3v) is 6.71. The van der Waals surface area contributed by atoms with Gasteiger partial charge >= 0.3 is 0 Å². The van der Waals surface area contributed by atoms with E-state index in [9.17, 15) is 4.79 Å². The highest BCUT2D eigenvalue weighted by Gasteiger charge is 2.27. The first-order chi connectivity index (χ1) is 15.1. The lowest BCUT2D eigenvalue weighted by Gasteiger charge is -2.19. The number of fused-ring (bicyclic) bond motifs is 1. The number of nitrogens with one attached hydrogen (secondary N) is 1. The number of hydrogen-bond donors (Lipinski definition) is 2. The zero-order valence-corrected chi connectivity index (χ0v) is 18.2. The molecular weight excluding hydrogens is 430 g/mol. The molecule has 1 aliphatic heterocycles. The highest BCUT2D eigenvalue weighted by atomic mass is 35.5. The van der Waals surface area contributed by atoms with Gasteiger partial charge in [0.1, 0.15) is 10.6 Å². The molecule has 0 bridgehead atoms. The lowest BCUT2D eigenvalue weighted by atomic mass is 10.2. The van der Waals surface area contributed by atoms with Crippen LogP contribution >= 0.6 is 22.9 Å². The lowest BCUT2D eigenvalue weighted by Crippen LogP contribution is -2.37. The maximum atomic E-state index is 12.6. The van der Waals surface area contributed by atoms with Crippen molar-refractivity contribution < 1.29 is 4.79 Å². The molecule has 0 radical (unpaired) electrons. The van der Waals surface area contributed by atoms with E-state index in [-0.39, 0.29) is 17.9 Å². The predicted octanol–water partition coefficient (Wildman–Crippen LogP) is 4.60. The van der Waals surface area contributed by atoms with Gasteiger partial charge in [0.15, 0.2) is 0 Å². The largest absolute Gasteiger partial charge is 0.368 e. The molecular formula is C23H20ClN5OS. The third-order valence-electron chi connectivity index (χ3n) is 5.38. The number of hydrogen-bond acceptors (Lipinski definition) is 6. The van der Waals surface area contributed by atoms with E-state index in [1.165, 1.54) is 0 Å². The first kappa shape index (κ1) is 19.8. The van der Waals surface area contributed by atoms with Crippen LogP contribution in [-0.2, 0) is 0 Å². The fraction of sp³-hybridized carbons (Fsp3) is 0.174. The summed E-state index contributed by atoms with van der Waals surface area (Å²) in [6.07, 6.45) is 0.834. The monoisotopic (exact) mass is 449 g/mol. The van der Waals surface area contributed by atoms with Gasteiger partial charge in [-0.2, -0.15) is 4.98 Å². The van der Waals surface area contributed by atoms with E-state index in [2.05, 4.69) is 38.4 Å². The van der Waals surface area contributed by atoms with Crippen molar-refractivity contribution in [2.24, 2.45) is 0 Å². The van der Waals surface area contributed by atoms with Crippen molar-refractivity contribution in [2.45, 2.75) is 12.5 Å². The van der Waals surface area contributed by atoms with Crippen LogP contribution in [0.2, 0.25) is 5.02 Å². The Bertz CT molecular complexity index is 1240. The van der Waals surface area contributed by atoms with Crippen LogP contribution in [0.1, 0.15) is 16.8 Å². The summed E-state index contributed by atoms with van der Waals surface area (Å²) in [5.41, 5.74) is 7.76. The van der Waals surface area contributed by atoms with E-state index in [0.717, 1.165) is 39.4 Å². The zero-order valence-electron chi connectivity index (χ0n) is 16.6. The number of carbonyl (C=O) groups excluding carboxylic acids is 1. The Labute approximate surface area is 188 Å². The minimum atomic E-state index is -0.0993. The quantitative estimate of drug-likeness (QED) is 0.475. The fourth-order valence-corrected chi connectivity index (χ4v) is 5.01. The molecule has 2 aromatic carbocycles. The summed E-state index contributed by atoms with van der Waals surface area (Å²) in [7, 11) is 0. The van der Waals surface area contributed by atoms with Crippen molar-refractivity contribution in [3.63, 3.8) is 0 Å². The first-order valence-electron chi connectivity index (χ1n) is 10.0. The zero-order chi connectivity index (χ0) is 21.4. The molecule has 3 heterocycles. The average molecular weight is 450 g/mol. The highest BCUT2D eigenvalue weighted by Crippen LogP contribution is 2.37. The molecule has 4 aromatic rings. The summed E-state index contributed by atoms with van der Waals surface area (Å²) in [5, 5.41) is 4.71. The van der Waals surface area contributed by atoms with E-state index in [4.69, 9.17) is 17.3 Å². The van der Waals surface area contributed by atoms with Gasteiger partial charge in [0.05, 0.1) is 5.39 Å². The number of nitrogens with two attached hydrogens (primary N) is 1. The molecule has 5 rings (SSSR count). The number of aromatic nitrogens is 2. The van der Waals surface area contributed by atoms with Gasteiger partial charge in [-0.15, -0.1) is 11.3 Å². The summed E-state index contributed by atoms with van der Waals surface area (Å²) >= 11 is 7.52. The molecule has 3 N–H and O–H groups in total. The molecule has 6 nitrogen and oxygen atoms in total. The first-order valence-corrected chi connectivity index (χ1v) is 11.2. The second-order valence-electron chi connectivity index (χ2n) is 7.51. The van der Waals surface area contributed by atoms with Crippen LogP contribution < -0.4 is 16.0 Å². The smallest absolute Gasteiger partial charge is 0.251 e. The van der Waals surface area contributed by atoms with Crippen molar-refractivity contribution >= 4 is 50.8 Å². The third kappa shape index (κ3) is 4.06. The van der Waals surface area contributed by atoms with E-state index >= 15 is 0 Å². The number of benzene rings is 2. The van der Waals surface area contributed by atoms with Crippen molar-refractivity contribution in [3.05, 3.63) is 71.2 Å². The van der Waals surface area contributed by atoms with Crippen LogP contribution in [0.4, 0.5) is 11.8 Å². The van der Waals surface area contributed by atoms with Crippen molar-refractivity contribution in [1.82, 2.24) is 15.3 Å². The molecule has 31 heavy (non-hydrogen) atoms. The lowest BCUT2D eigenvalue weighted by molar-refractivity contribution is 0.0940. The van der Waals surface area contributed by atoms with Crippen LogP contribution in [0, 0.1) is 0 Å². The summed E-state index contributed by atoms with van der Waals surface area (Å²) in [6.45, 7) is 1.45. The fourth-order valence-electron chi connectivity index (χ4n) is 3.85. The normalized spacial score (nSPS) is 16.0. The van der Waals surface area contributed by atoms with Gasteiger partial charge in [-0.05, 0) is 42.3 Å². The van der Waals surface area contributed by atoms with Crippen LogP contribution in [0.5, 0.6) is 0 Å². The van der Waals surface area contributed by atoms with Crippen molar-refractivity contribution in [3.8, 4) is 10.4 Å². The second-order valence-corrected chi connectivity index (χ2v) is 8.98.